The Labute approximate surface area is 137 Å². The Hall–Kier alpha value is -1.000. The smallest absolute Gasteiger partial charge is 0.252 e. The summed E-state index contributed by atoms with van der Waals surface area (Å²) in [6.07, 6.45) is 1.97. The van der Waals surface area contributed by atoms with E-state index in [9.17, 15) is 9.90 Å². The minimum atomic E-state index is -1.19. The highest BCUT2D eigenvalue weighted by molar-refractivity contribution is 7.99. The average Bonchev–Trinajstić information content (AvgIpc) is 2.47. The number of amides is 1. The maximum absolute atomic E-state index is 12.6. The second-order valence-corrected chi connectivity index (χ2v) is 7.88. The molecule has 1 amide bonds. The first kappa shape index (κ1) is 17.4. The van der Waals surface area contributed by atoms with Crippen molar-refractivity contribution in [3.63, 3.8) is 0 Å². The van der Waals surface area contributed by atoms with Crippen LogP contribution in [0.15, 0.2) is 24.3 Å². The van der Waals surface area contributed by atoms with E-state index in [1.165, 1.54) is 5.56 Å². The van der Waals surface area contributed by atoms with Gasteiger partial charge < -0.3 is 10.4 Å². The SMILES string of the molecule is Cc1ccccc1[C@H](CC(C)C)NC(=O)C1(O)CCSCC1. The molecular weight excluding hydrogens is 294 g/mol. The van der Waals surface area contributed by atoms with Crippen molar-refractivity contribution in [2.75, 3.05) is 11.5 Å². The molecule has 22 heavy (non-hydrogen) atoms. The van der Waals surface area contributed by atoms with E-state index in [1.54, 1.807) is 11.8 Å². The van der Waals surface area contributed by atoms with Crippen LogP contribution in [0.3, 0.4) is 0 Å². The fraction of sp³-hybridized carbons (Fsp3) is 0.611. The number of thioether (sulfide) groups is 1. The lowest BCUT2D eigenvalue weighted by Crippen LogP contribution is -2.50. The molecule has 2 rings (SSSR count). The number of nitrogens with one attached hydrogen (secondary N) is 1. The van der Waals surface area contributed by atoms with Gasteiger partial charge in [-0.1, -0.05) is 38.1 Å². The molecule has 122 valence electrons. The van der Waals surface area contributed by atoms with Gasteiger partial charge in [-0.25, -0.2) is 0 Å². The minimum Gasteiger partial charge on any atom is -0.380 e. The standard InChI is InChI=1S/C18H27NO2S/c1-13(2)12-16(15-7-5-4-6-14(15)3)19-17(20)18(21)8-10-22-11-9-18/h4-7,13,16,21H,8-12H2,1-3H3,(H,19,20)/t16-/m0/s1. The van der Waals surface area contributed by atoms with Gasteiger partial charge in [-0.05, 0) is 54.7 Å². The first-order chi connectivity index (χ1) is 10.4. The van der Waals surface area contributed by atoms with Gasteiger partial charge in [0.25, 0.3) is 5.91 Å². The third-order valence-electron chi connectivity index (χ3n) is 4.32. The van der Waals surface area contributed by atoms with E-state index < -0.39 is 5.60 Å². The number of aliphatic hydroxyl groups is 1. The zero-order valence-corrected chi connectivity index (χ0v) is 14.6. The van der Waals surface area contributed by atoms with Gasteiger partial charge in [0.2, 0.25) is 0 Å². The van der Waals surface area contributed by atoms with Gasteiger partial charge in [0.05, 0.1) is 6.04 Å². The van der Waals surface area contributed by atoms with Crippen LogP contribution < -0.4 is 5.32 Å². The number of hydrogen-bond donors (Lipinski definition) is 2. The number of carbonyl (C=O) groups excluding carboxylic acids is 1. The molecule has 2 N–H and O–H groups in total. The zero-order valence-electron chi connectivity index (χ0n) is 13.8. The summed E-state index contributed by atoms with van der Waals surface area (Å²) < 4.78 is 0. The molecule has 1 saturated heterocycles. The monoisotopic (exact) mass is 321 g/mol. The van der Waals surface area contributed by atoms with Crippen LogP contribution in [-0.4, -0.2) is 28.1 Å². The molecule has 1 aliphatic rings. The molecule has 0 spiro atoms. The lowest BCUT2D eigenvalue weighted by Gasteiger charge is -2.33. The molecule has 1 aromatic carbocycles. The Balaban J connectivity index is 2.16. The quantitative estimate of drug-likeness (QED) is 0.873. The number of benzene rings is 1. The van der Waals surface area contributed by atoms with Crippen LogP contribution in [0.2, 0.25) is 0 Å². The molecule has 0 unspecified atom stereocenters. The van der Waals surface area contributed by atoms with Crippen molar-refractivity contribution in [1.29, 1.82) is 0 Å². The Morgan fingerprint density at radius 2 is 1.95 bits per heavy atom. The highest BCUT2D eigenvalue weighted by atomic mass is 32.2. The van der Waals surface area contributed by atoms with E-state index >= 15 is 0 Å². The predicted octanol–water partition coefficient (Wildman–Crippen LogP) is 3.46. The Kier molecular flexibility index (Phi) is 5.93. The second kappa shape index (κ2) is 7.51. The van der Waals surface area contributed by atoms with Crippen molar-refractivity contribution < 1.29 is 9.90 Å². The first-order valence-electron chi connectivity index (χ1n) is 8.09. The summed E-state index contributed by atoms with van der Waals surface area (Å²) in [5, 5.41) is 13.7. The number of aryl methyl sites for hydroxylation is 1. The fourth-order valence-electron chi connectivity index (χ4n) is 2.94. The van der Waals surface area contributed by atoms with Crippen molar-refractivity contribution in [2.45, 2.75) is 51.7 Å². The largest absolute Gasteiger partial charge is 0.380 e. The van der Waals surface area contributed by atoms with Gasteiger partial charge in [-0.15, -0.1) is 0 Å². The molecule has 1 atom stereocenters. The van der Waals surface area contributed by atoms with Gasteiger partial charge in [-0.3, -0.25) is 4.79 Å². The average molecular weight is 321 g/mol. The van der Waals surface area contributed by atoms with Crippen molar-refractivity contribution in [1.82, 2.24) is 5.32 Å². The van der Waals surface area contributed by atoms with Crippen LogP contribution in [-0.2, 0) is 4.79 Å². The van der Waals surface area contributed by atoms with E-state index in [0.717, 1.165) is 23.5 Å². The van der Waals surface area contributed by atoms with E-state index in [4.69, 9.17) is 0 Å². The molecule has 4 heteroatoms. The number of hydrogen-bond acceptors (Lipinski definition) is 3. The number of rotatable bonds is 5. The van der Waals surface area contributed by atoms with Gasteiger partial charge >= 0.3 is 0 Å². The minimum absolute atomic E-state index is 0.0349. The normalized spacial score (nSPS) is 19.0. The van der Waals surface area contributed by atoms with E-state index in [1.807, 2.05) is 12.1 Å². The molecule has 0 bridgehead atoms. The van der Waals surface area contributed by atoms with Gasteiger partial charge in [0, 0.05) is 0 Å². The van der Waals surface area contributed by atoms with Gasteiger partial charge in [0.1, 0.15) is 5.60 Å². The third-order valence-corrected chi connectivity index (χ3v) is 5.30. The van der Waals surface area contributed by atoms with Gasteiger partial charge in [0.15, 0.2) is 0 Å². The van der Waals surface area contributed by atoms with Crippen LogP contribution in [0, 0.1) is 12.8 Å². The molecule has 1 heterocycles. The van der Waals surface area contributed by atoms with Crippen molar-refractivity contribution in [2.24, 2.45) is 5.92 Å². The highest BCUT2D eigenvalue weighted by Crippen LogP contribution is 2.30. The zero-order chi connectivity index (χ0) is 16.2. The Bertz CT molecular complexity index is 510. The highest BCUT2D eigenvalue weighted by Gasteiger charge is 2.38. The summed E-state index contributed by atoms with van der Waals surface area (Å²) in [7, 11) is 0. The molecule has 1 aliphatic heterocycles. The summed E-state index contributed by atoms with van der Waals surface area (Å²) in [4.78, 5) is 12.6. The molecule has 1 fully saturated rings. The Morgan fingerprint density at radius 3 is 2.55 bits per heavy atom. The van der Waals surface area contributed by atoms with Crippen molar-refractivity contribution >= 4 is 17.7 Å². The molecule has 0 radical (unpaired) electrons. The Morgan fingerprint density at radius 1 is 1.32 bits per heavy atom. The summed E-state index contributed by atoms with van der Waals surface area (Å²) in [5.41, 5.74) is 1.14. The maximum atomic E-state index is 12.6. The van der Waals surface area contributed by atoms with Crippen LogP contribution in [0.1, 0.15) is 50.3 Å². The summed E-state index contributed by atoms with van der Waals surface area (Å²) in [5.74, 6) is 1.97. The van der Waals surface area contributed by atoms with Crippen molar-refractivity contribution in [3.8, 4) is 0 Å². The predicted molar refractivity (Wildman–Crippen MR) is 93.0 cm³/mol. The third kappa shape index (κ3) is 4.26. The second-order valence-electron chi connectivity index (χ2n) is 6.66. The van der Waals surface area contributed by atoms with E-state index in [-0.39, 0.29) is 11.9 Å². The molecule has 0 aliphatic carbocycles. The van der Waals surface area contributed by atoms with E-state index in [0.29, 0.717) is 18.8 Å². The topological polar surface area (TPSA) is 49.3 Å². The molecule has 3 nitrogen and oxygen atoms in total. The first-order valence-corrected chi connectivity index (χ1v) is 9.24. The summed E-state index contributed by atoms with van der Waals surface area (Å²) >= 11 is 1.80. The lowest BCUT2D eigenvalue weighted by atomic mass is 9.91. The fourth-order valence-corrected chi connectivity index (χ4v) is 4.11. The maximum Gasteiger partial charge on any atom is 0.252 e. The molecular formula is C18H27NO2S. The number of carbonyl (C=O) groups is 1. The molecule has 0 aromatic heterocycles. The van der Waals surface area contributed by atoms with Crippen LogP contribution in [0.25, 0.3) is 0 Å². The molecule has 0 saturated carbocycles. The van der Waals surface area contributed by atoms with Gasteiger partial charge in [-0.2, -0.15) is 11.8 Å². The summed E-state index contributed by atoms with van der Waals surface area (Å²) in [6, 6.07) is 8.13. The van der Waals surface area contributed by atoms with Crippen LogP contribution in [0.5, 0.6) is 0 Å². The summed E-state index contributed by atoms with van der Waals surface area (Å²) in [6.45, 7) is 6.38. The van der Waals surface area contributed by atoms with E-state index in [2.05, 4.69) is 38.2 Å². The molecule has 1 aromatic rings. The lowest BCUT2D eigenvalue weighted by molar-refractivity contribution is -0.141. The van der Waals surface area contributed by atoms with Crippen molar-refractivity contribution in [3.05, 3.63) is 35.4 Å². The van der Waals surface area contributed by atoms with Crippen LogP contribution >= 0.6 is 11.8 Å². The van der Waals surface area contributed by atoms with Crippen LogP contribution in [0.4, 0.5) is 0 Å².